The molecule has 0 saturated carbocycles. The third-order valence-corrected chi connectivity index (χ3v) is 5.18. The molecule has 0 unspecified atom stereocenters. The molecule has 3 heterocycles. The molecular weight excluding hydrogens is 396 g/mol. The van der Waals surface area contributed by atoms with Gasteiger partial charge in [0.2, 0.25) is 5.13 Å². The lowest BCUT2D eigenvalue weighted by Crippen LogP contribution is -2.11. The van der Waals surface area contributed by atoms with Crippen molar-refractivity contribution in [1.82, 2.24) is 24.7 Å². The molecule has 0 amide bonds. The molecule has 0 aliphatic rings. The fourth-order valence-corrected chi connectivity index (χ4v) is 3.60. The molecule has 0 aliphatic carbocycles. The molecule has 4 aromatic rings. The summed E-state index contributed by atoms with van der Waals surface area (Å²) in [5.74, 6) is 0.441. The summed E-state index contributed by atoms with van der Waals surface area (Å²) in [4.78, 5) is 25.3. The summed E-state index contributed by atoms with van der Waals surface area (Å²) in [5, 5.41) is 11.9. The summed E-state index contributed by atoms with van der Waals surface area (Å²) in [6.45, 7) is 2.02. The average molecular weight is 413 g/mol. The number of nitrogens with one attached hydrogen (secondary N) is 1. The summed E-state index contributed by atoms with van der Waals surface area (Å²) < 4.78 is 6.90. The molecule has 0 fully saturated rings. The molecular formula is C18H16N6O2S2. The Hall–Kier alpha value is -2.98. The maximum Gasteiger partial charge on any atom is 0.343 e. The van der Waals surface area contributed by atoms with Gasteiger partial charge in [-0.25, -0.2) is 24.4 Å². The summed E-state index contributed by atoms with van der Waals surface area (Å²) in [5.41, 5.74) is 1.16. The van der Waals surface area contributed by atoms with E-state index >= 15 is 0 Å². The number of fused-ring (bicyclic) bond motifs is 1. The lowest BCUT2D eigenvalue weighted by atomic mass is 10.2. The van der Waals surface area contributed by atoms with Gasteiger partial charge in [-0.15, -0.1) is 16.4 Å². The smallest absolute Gasteiger partial charge is 0.343 e. The highest BCUT2D eigenvalue weighted by molar-refractivity contribution is 7.98. The number of aromatic nitrogens is 5. The van der Waals surface area contributed by atoms with Crippen LogP contribution in [-0.4, -0.2) is 43.6 Å². The quantitative estimate of drug-likeness (QED) is 0.289. The van der Waals surface area contributed by atoms with E-state index in [9.17, 15) is 4.79 Å². The standard InChI is InChI=1S/C18H16N6O2S2/c1-3-26-16(25)12-10-20-17(27-2)22-14(12)21-15-11-6-4-5-7-13(11)24(23-15)18-19-8-9-28-18/h4-10H,3H2,1-2H3,(H,20,21,22,23). The highest BCUT2D eigenvalue weighted by Gasteiger charge is 2.19. The van der Waals surface area contributed by atoms with E-state index in [0.29, 0.717) is 16.8 Å². The topological polar surface area (TPSA) is 94.8 Å². The second-order valence-electron chi connectivity index (χ2n) is 5.56. The number of para-hydroxylation sites is 1. The first kappa shape index (κ1) is 18.4. The van der Waals surface area contributed by atoms with Crippen molar-refractivity contribution < 1.29 is 9.53 Å². The van der Waals surface area contributed by atoms with Crippen molar-refractivity contribution in [3.8, 4) is 5.13 Å². The van der Waals surface area contributed by atoms with E-state index in [4.69, 9.17) is 4.74 Å². The predicted octanol–water partition coefficient (Wildman–Crippen LogP) is 3.91. The Morgan fingerprint density at radius 2 is 2.14 bits per heavy atom. The Morgan fingerprint density at radius 3 is 2.89 bits per heavy atom. The molecule has 0 saturated heterocycles. The lowest BCUT2D eigenvalue weighted by Gasteiger charge is -2.09. The molecule has 10 heteroatoms. The molecule has 0 aliphatic heterocycles. The van der Waals surface area contributed by atoms with Crippen LogP contribution in [0.4, 0.5) is 11.6 Å². The van der Waals surface area contributed by atoms with Gasteiger partial charge >= 0.3 is 5.97 Å². The van der Waals surface area contributed by atoms with Gasteiger partial charge in [0, 0.05) is 23.2 Å². The third kappa shape index (κ3) is 3.43. The first-order chi connectivity index (χ1) is 13.7. The monoisotopic (exact) mass is 412 g/mol. The minimum absolute atomic E-state index is 0.257. The van der Waals surface area contributed by atoms with E-state index in [1.165, 1.54) is 29.3 Å². The minimum Gasteiger partial charge on any atom is -0.462 e. The van der Waals surface area contributed by atoms with Crippen molar-refractivity contribution in [2.45, 2.75) is 12.1 Å². The largest absolute Gasteiger partial charge is 0.462 e. The van der Waals surface area contributed by atoms with Gasteiger partial charge in [0.25, 0.3) is 0 Å². The number of carbonyl (C=O) groups is 1. The maximum absolute atomic E-state index is 12.3. The zero-order valence-electron chi connectivity index (χ0n) is 15.1. The highest BCUT2D eigenvalue weighted by Crippen LogP contribution is 2.29. The Labute approximate surface area is 169 Å². The minimum atomic E-state index is -0.485. The first-order valence-corrected chi connectivity index (χ1v) is 10.5. The van der Waals surface area contributed by atoms with Crippen molar-refractivity contribution in [3.63, 3.8) is 0 Å². The molecule has 0 bridgehead atoms. The van der Waals surface area contributed by atoms with Crippen molar-refractivity contribution in [2.75, 3.05) is 18.2 Å². The normalized spacial score (nSPS) is 10.9. The van der Waals surface area contributed by atoms with Crippen LogP contribution in [0.5, 0.6) is 0 Å². The van der Waals surface area contributed by atoms with E-state index in [1.807, 2.05) is 35.9 Å². The molecule has 0 radical (unpaired) electrons. The molecule has 0 atom stereocenters. The number of hydrogen-bond donors (Lipinski definition) is 1. The van der Waals surface area contributed by atoms with Crippen LogP contribution in [0.25, 0.3) is 16.0 Å². The SMILES string of the molecule is CCOC(=O)c1cnc(SC)nc1Nc1nn(-c2nccs2)c2ccccc12. The number of ether oxygens (including phenoxy) is 1. The van der Waals surface area contributed by atoms with Crippen LogP contribution in [0.3, 0.4) is 0 Å². The summed E-state index contributed by atoms with van der Waals surface area (Å²) in [6, 6.07) is 7.79. The van der Waals surface area contributed by atoms with Gasteiger partial charge in [-0.2, -0.15) is 0 Å². The van der Waals surface area contributed by atoms with Crippen LogP contribution >= 0.6 is 23.1 Å². The molecule has 8 nitrogen and oxygen atoms in total. The number of thiazole rings is 1. The number of nitrogens with zero attached hydrogens (tertiary/aromatic N) is 5. The third-order valence-electron chi connectivity index (χ3n) is 3.87. The number of rotatable bonds is 6. The summed E-state index contributed by atoms with van der Waals surface area (Å²) in [6.07, 6.45) is 5.08. The van der Waals surface area contributed by atoms with Gasteiger partial charge in [-0.05, 0) is 25.3 Å². The van der Waals surface area contributed by atoms with Crippen LogP contribution in [0, 0.1) is 0 Å². The Balaban J connectivity index is 1.81. The lowest BCUT2D eigenvalue weighted by molar-refractivity contribution is 0.0526. The van der Waals surface area contributed by atoms with Gasteiger partial charge in [-0.1, -0.05) is 23.9 Å². The molecule has 142 valence electrons. The van der Waals surface area contributed by atoms with Gasteiger partial charge in [0.1, 0.15) is 5.56 Å². The van der Waals surface area contributed by atoms with Gasteiger partial charge in [0.15, 0.2) is 16.8 Å². The van der Waals surface area contributed by atoms with Crippen molar-refractivity contribution in [2.24, 2.45) is 0 Å². The predicted molar refractivity (Wildman–Crippen MR) is 110 cm³/mol. The number of carbonyl (C=O) groups excluding carboxylic acids is 1. The number of hydrogen-bond acceptors (Lipinski definition) is 9. The molecule has 0 spiro atoms. The van der Waals surface area contributed by atoms with Crippen molar-refractivity contribution >= 4 is 51.6 Å². The van der Waals surface area contributed by atoms with Gasteiger partial charge in [-0.3, -0.25) is 0 Å². The Bertz CT molecular complexity index is 1130. The van der Waals surface area contributed by atoms with E-state index in [0.717, 1.165) is 16.0 Å². The fraction of sp³-hybridized carbons (Fsp3) is 0.167. The number of benzene rings is 1. The van der Waals surface area contributed by atoms with E-state index in [1.54, 1.807) is 17.8 Å². The molecule has 1 N–H and O–H groups in total. The van der Waals surface area contributed by atoms with Crippen LogP contribution < -0.4 is 5.32 Å². The zero-order chi connectivity index (χ0) is 19.5. The second kappa shape index (κ2) is 7.95. The van der Waals surface area contributed by atoms with E-state index < -0.39 is 5.97 Å². The second-order valence-corrected chi connectivity index (χ2v) is 7.20. The highest BCUT2D eigenvalue weighted by atomic mass is 32.2. The van der Waals surface area contributed by atoms with Gasteiger partial charge < -0.3 is 10.1 Å². The van der Waals surface area contributed by atoms with E-state index in [2.05, 4.69) is 25.4 Å². The Kier molecular flexibility index (Phi) is 5.22. The molecule has 4 rings (SSSR count). The summed E-state index contributed by atoms with van der Waals surface area (Å²) in [7, 11) is 0. The molecule has 3 aromatic heterocycles. The number of anilines is 2. The van der Waals surface area contributed by atoms with E-state index in [-0.39, 0.29) is 12.2 Å². The summed E-state index contributed by atoms with van der Waals surface area (Å²) >= 11 is 2.88. The maximum atomic E-state index is 12.3. The molecule has 28 heavy (non-hydrogen) atoms. The number of thioether (sulfide) groups is 1. The number of esters is 1. The average Bonchev–Trinajstić information content (AvgIpc) is 3.36. The molecule has 1 aromatic carbocycles. The zero-order valence-corrected chi connectivity index (χ0v) is 16.8. The fourth-order valence-electron chi connectivity index (χ4n) is 2.65. The van der Waals surface area contributed by atoms with Crippen LogP contribution in [0.2, 0.25) is 0 Å². The van der Waals surface area contributed by atoms with Crippen molar-refractivity contribution in [1.29, 1.82) is 0 Å². The van der Waals surface area contributed by atoms with Gasteiger partial charge in [0.05, 0.1) is 12.1 Å². The van der Waals surface area contributed by atoms with Crippen LogP contribution in [0.15, 0.2) is 47.2 Å². The van der Waals surface area contributed by atoms with Crippen LogP contribution in [0.1, 0.15) is 17.3 Å². The Morgan fingerprint density at radius 1 is 1.29 bits per heavy atom. The first-order valence-electron chi connectivity index (χ1n) is 8.44. The van der Waals surface area contributed by atoms with Crippen molar-refractivity contribution in [3.05, 3.63) is 47.6 Å². The van der Waals surface area contributed by atoms with Crippen LogP contribution in [-0.2, 0) is 4.74 Å².